The number of thioether (sulfide) groups is 1. The molecule has 2 heterocycles. The number of nitrogens with zero attached hydrogens (tertiary/aromatic N) is 2. The molecule has 4 rings (SSSR count). The predicted octanol–water partition coefficient (Wildman–Crippen LogP) is 3.73. The van der Waals surface area contributed by atoms with E-state index >= 15 is 0 Å². The van der Waals surface area contributed by atoms with Crippen molar-refractivity contribution in [2.45, 2.75) is 11.3 Å². The van der Waals surface area contributed by atoms with Gasteiger partial charge >= 0.3 is 0 Å². The van der Waals surface area contributed by atoms with Gasteiger partial charge in [0, 0.05) is 29.9 Å². The Morgan fingerprint density at radius 2 is 1.77 bits per heavy atom. The molecule has 3 aromatic rings. The van der Waals surface area contributed by atoms with Crippen LogP contribution in [0.25, 0.3) is 11.1 Å². The van der Waals surface area contributed by atoms with Crippen LogP contribution in [0.4, 0.5) is 5.13 Å². The third kappa shape index (κ3) is 5.28. The fraction of sp³-hybridized carbons (Fsp3) is 0.238. The van der Waals surface area contributed by atoms with Gasteiger partial charge in [-0.25, -0.2) is 13.4 Å². The molecule has 1 fully saturated rings. The fourth-order valence-corrected chi connectivity index (χ4v) is 6.05. The maximum atomic E-state index is 12.7. The molecule has 2 aromatic carbocycles. The van der Waals surface area contributed by atoms with Crippen molar-refractivity contribution >= 4 is 43.4 Å². The summed E-state index contributed by atoms with van der Waals surface area (Å²) in [4.78, 5) is 19.0. The molecular formula is C21H21N3O3S3. The molecule has 1 aliphatic heterocycles. The third-order valence-electron chi connectivity index (χ3n) is 4.74. The first kappa shape index (κ1) is 21.0. The second-order valence-corrected chi connectivity index (χ2v) is 10.8. The lowest BCUT2D eigenvalue weighted by atomic mass is 10.1. The first-order valence-electron chi connectivity index (χ1n) is 9.51. The van der Waals surface area contributed by atoms with Gasteiger partial charge in [0.15, 0.2) is 5.13 Å². The highest BCUT2D eigenvalue weighted by molar-refractivity contribution is 8.13. The Balaban J connectivity index is 1.38. The number of hydrogen-bond donors (Lipinski definition) is 1. The molecule has 0 unspecified atom stereocenters. The molecule has 30 heavy (non-hydrogen) atoms. The van der Waals surface area contributed by atoms with Crippen molar-refractivity contribution in [3.8, 4) is 11.1 Å². The van der Waals surface area contributed by atoms with E-state index in [9.17, 15) is 13.2 Å². The third-order valence-corrected chi connectivity index (χ3v) is 8.04. The van der Waals surface area contributed by atoms with E-state index in [0.29, 0.717) is 11.7 Å². The molecule has 6 nitrogen and oxygen atoms in total. The summed E-state index contributed by atoms with van der Waals surface area (Å²) in [6.07, 6.45) is 2.44. The number of anilines is 1. The van der Waals surface area contributed by atoms with Crippen molar-refractivity contribution in [3.63, 3.8) is 0 Å². The van der Waals surface area contributed by atoms with Gasteiger partial charge in [0.2, 0.25) is 5.12 Å². The monoisotopic (exact) mass is 459 g/mol. The highest BCUT2D eigenvalue weighted by atomic mass is 32.2. The summed E-state index contributed by atoms with van der Waals surface area (Å²) < 4.78 is 28.0. The number of benzene rings is 2. The topological polar surface area (TPSA) is 79.4 Å². The van der Waals surface area contributed by atoms with Crippen LogP contribution in [0.3, 0.4) is 0 Å². The number of sulfonamides is 1. The number of hydrogen-bond acceptors (Lipinski definition) is 7. The molecule has 0 bridgehead atoms. The largest absolute Gasteiger partial charge is 0.294 e. The zero-order chi connectivity index (χ0) is 21.0. The lowest BCUT2D eigenvalue weighted by molar-refractivity contribution is -0.112. The minimum absolute atomic E-state index is 0.197. The summed E-state index contributed by atoms with van der Waals surface area (Å²) in [6, 6.07) is 16.6. The SMILES string of the molecule is O=C1CN(CCc2cnc(NS(=O)(=O)c3ccc(-c4ccccc4)cc3)s2)CCS1. The molecule has 1 N–H and O–H groups in total. The second-order valence-electron chi connectivity index (χ2n) is 6.87. The van der Waals surface area contributed by atoms with Crippen LogP contribution in [0, 0.1) is 0 Å². The minimum atomic E-state index is -3.70. The molecule has 9 heteroatoms. The summed E-state index contributed by atoms with van der Waals surface area (Å²) >= 11 is 2.71. The highest BCUT2D eigenvalue weighted by Crippen LogP contribution is 2.25. The van der Waals surface area contributed by atoms with Crippen LogP contribution >= 0.6 is 23.1 Å². The molecule has 156 valence electrons. The minimum Gasteiger partial charge on any atom is -0.294 e. The predicted molar refractivity (Wildman–Crippen MR) is 122 cm³/mol. The van der Waals surface area contributed by atoms with Crippen molar-refractivity contribution in [1.29, 1.82) is 0 Å². The van der Waals surface area contributed by atoms with Crippen LogP contribution in [-0.2, 0) is 21.2 Å². The van der Waals surface area contributed by atoms with Gasteiger partial charge in [-0.3, -0.25) is 14.4 Å². The lowest BCUT2D eigenvalue weighted by Crippen LogP contribution is -2.36. The standard InChI is InChI=1S/C21H21N3O3S3/c25-20-15-24(12-13-28-20)11-10-18-14-22-21(29-18)23-30(26,27)19-8-6-17(7-9-19)16-4-2-1-3-5-16/h1-9,14H,10-13,15H2,(H,22,23). The highest BCUT2D eigenvalue weighted by Gasteiger charge is 2.19. The van der Waals surface area contributed by atoms with E-state index in [1.807, 2.05) is 30.3 Å². The maximum Gasteiger partial charge on any atom is 0.263 e. The average Bonchev–Trinajstić information content (AvgIpc) is 3.20. The van der Waals surface area contributed by atoms with Crippen molar-refractivity contribution in [3.05, 3.63) is 65.7 Å². The zero-order valence-corrected chi connectivity index (χ0v) is 18.6. The smallest absolute Gasteiger partial charge is 0.263 e. The Morgan fingerprint density at radius 1 is 1.03 bits per heavy atom. The lowest BCUT2D eigenvalue weighted by Gasteiger charge is -2.24. The van der Waals surface area contributed by atoms with Gasteiger partial charge < -0.3 is 0 Å². The number of aromatic nitrogens is 1. The molecule has 0 amide bonds. The number of rotatable bonds is 7. The van der Waals surface area contributed by atoms with Gasteiger partial charge in [0.1, 0.15) is 0 Å². The van der Waals surface area contributed by atoms with E-state index in [1.165, 1.54) is 23.1 Å². The van der Waals surface area contributed by atoms with E-state index in [4.69, 9.17) is 0 Å². The zero-order valence-electron chi connectivity index (χ0n) is 16.2. The summed E-state index contributed by atoms with van der Waals surface area (Å²) in [5.74, 6) is 0.829. The van der Waals surface area contributed by atoms with Gasteiger partial charge in [0.25, 0.3) is 10.0 Å². The van der Waals surface area contributed by atoms with Gasteiger partial charge in [0.05, 0.1) is 11.4 Å². The molecule has 1 aliphatic rings. The van der Waals surface area contributed by atoms with E-state index in [0.717, 1.165) is 41.3 Å². The number of carbonyl (C=O) groups is 1. The Morgan fingerprint density at radius 3 is 2.50 bits per heavy atom. The van der Waals surface area contributed by atoms with Gasteiger partial charge in [-0.15, -0.1) is 11.3 Å². The molecule has 1 saturated heterocycles. The molecule has 0 spiro atoms. The van der Waals surface area contributed by atoms with Gasteiger partial charge in [-0.1, -0.05) is 54.2 Å². The van der Waals surface area contributed by atoms with Crippen LogP contribution in [0.15, 0.2) is 65.7 Å². The van der Waals surface area contributed by atoms with Crippen LogP contribution in [0.2, 0.25) is 0 Å². The summed E-state index contributed by atoms with van der Waals surface area (Å²) in [6.45, 7) is 2.14. The fourth-order valence-electron chi connectivity index (χ4n) is 3.16. The molecule has 0 atom stereocenters. The molecule has 0 radical (unpaired) electrons. The first-order valence-corrected chi connectivity index (χ1v) is 12.8. The van der Waals surface area contributed by atoms with E-state index in [1.54, 1.807) is 30.5 Å². The van der Waals surface area contributed by atoms with Gasteiger partial charge in [-0.2, -0.15) is 0 Å². The Hall–Kier alpha value is -2.20. The first-order chi connectivity index (χ1) is 14.5. The molecule has 0 aliphatic carbocycles. The normalized spacial score (nSPS) is 15.3. The van der Waals surface area contributed by atoms with E-state index in [2.05, 4.69) is 14.6 Å². The molecule has 0 saturated carbocycles. The van der Waals surface area contributed by atoms with Crippen LogP contribution in [-0.4, -0.2) is 48.8 Å². The summed E-state index contributed by atoms with van der Waals surface area (Å²) in [5, 5.41) is 0.555. The average molecular weight is 460 g/mol. The number of carbonyl (C=O) groups excluding carboxylic acids is 1. The quantitative estimate of drug-likeness (QED) is 0.580. The number of thiazole rings is 1. The molecular weight excluding hydrogens is 438 g/mol. The van der Waals surface area contributed by atoms with Crippen molar-refractivity contribution in [2.75, 3.05) is 30.1 Å². The Kier molecular flexibility index (Phi) is 6.52. The number of nitrogens with one attached hydrogen (secondary N) is 1. The van der Waals surface area contributed by atoms with E-state index < -0.39 is 10.0 Å². The Labute approximate surface area is 184 Å². The summed E-state index contributed by atoms with van der Waals surface area (Å²) in [5.41, 5.74) is 1.99. The maximum absolute atomic E-state index is 12.7. The van der Waals surface area contributed by atoms with Crippen molar-refractivity contribution in [1.82, 2.24) is 9.88 Å². The second kappa shape index (κ2) is 9.30. The van der Waals surface area contributed by atoms with Crippen LogP contribution < -0.4 is 4.72 Å². The van der Waals surface area contributed by atoms with E-state index in [-0.39, 0.29) is 10.0 Å². The Bertz CT molecular complexity index is 1110. The molecule has 1 aromatic heterocycles. The van der Waals surface area contributed by atoms with Crippen LogP contribution in [0.5, 0.6) is 0 Å². The van der Waals surface area contributed by atoms with Crippen molar-refractivity contribution < 1.29 is 13.2 Å². The van der Waals surface area contributed by atoms with Crippen molar-refractivity contribution in [2.24, 2.45) is 0 Å². The van der Waals surface area contributed by atoms with Gasteiger partial charge in [-0.05, 0) is 29.7 Å². The summed E-state index contributed by atoms with van der Waals surface area (Å²) in [7, 11) is -3.70. The van der Waals surface area contributed by atoms with Crippen LogP contribution in [0.1, 0.15) is 4.88 Å².